The van der Waals surface area contributed by atoms with Crippen molar-refractivity contribution in [3.05, 3.63) is 0 Å². The molecule has 0 aliphatic carbocycles. The number of nitrogens with one attached hydrogen (secondary N) is 1. The third-order valence-corrected chi connectivity index (χ3v) is 5.99. The summed E-state index contributed by atoms with van der Waals surface area (Å²) in [6.07, 6.45) is -13.7. The number of phosphoric ester groups is 1. The first-order chi connectivity index (χ1) is 15.4. The lowest BCUT2D eigenvalue weighted by Crippen LogP contribution is -2.64. The number of ether oxygens (including phenoxy) is 3. The fraction of sp³-hybridized carbons (Fsp3) is 0.941. The quantitative estimate of drug-likeness (QED) is 0.134. The van der Waals surface area contributed by atoms with Gasteiger partial charge in [0, 0.05) is 13.5 Å². The Labute approximate surface area is 189 Å². The summed E-state index contributed by atoms with van der Waals surface area (Å²) in [6.45, 7) is 1.48. The maximum atomic E-state index is 12.5. The van der Waals surface area contributed by atoms with Crippen LogP contribution in [0.4, 0.5) is 0 Å². The first kappa shape index (κ1) is 28.5. The van der Waals surface area contributed by atoms with Crippen LogP contribution < -0.4 is 5.32 Å². The molecule has 0 aromatic heterocycles. The standard InChI is InChI=1S/C17H32NO14P/c1-3-4-28-17-15(25)14(24)12(22)9(31-17)6-29-33(26,27)32-16-10(18-7(2)20)13(23)11(21)8(5-19)30-16/h8-17,19,21-25H,3-6H2,1-2H3,(H,18,20)(H,26,27)/t8-,9-,10-,11-,12-,13-,14+,15+,16-,17+/m1/s1. The molecule has 0 spiro atoms. The number of aliphatic hydroxyl groups is 6. The highest BCUT2D eigenvalue weighted by Crippen LogP contribution is 2.47. The molecule has 2 aliphatic rings. The Kier molecular flexibility index (Phi) is 10.6. The zero-order valence-corrected chi connectivity index (χ0v) is 18.9. The number of hydrogen-bond donors (Lipinski definition) is 8. The summed E-state index contributed by atoms with van der Waals surface area (Å²) in [5.41, 5.74) is 0. The first-order valence-electron chi connectivity index (χ1n) is 10.3. The van der Waals surface area contributed by atoms with Gasteiger partial charge in [0.05, 0.1) is 13.2 Å². The number of carbonyl (C=O) groups excluding carboxylic acids is 1. The van der Waals surface area contributed by atoms with E-state index in [2.05, 4.69) is 5.32 Å². The van der Waals surface area contributed by atoms with E-state index in [1.807, 2.05) is 0 Å². The van der Waals surface area contributed by atoms with E-state index in [0.29, 0.717) is 6.42 Å². The van der Waals surface area contributed by atoms with E-state index in [4.69, 9.17) is 23.3 Å². The van der Waals surface area contributed by atoms with Crippen LogP contribution in [0.3, 0.4) is 0 Å². The minimum absolute atomic E-state index is 0.170. The Balaban J connectivity index is 2.06. The van der Waals surface area contributed by atoms with Gasteiger partial charge in [0.1, 0.15) is 48.8 Å². The van der Waals surface area contributed by atoms with Gasteiger partial charge in [-0.05, 0) is 6.42 Å². The maximum Gasteiger partial charge on any atom is 0.474 e. The van der Waals surface area contributed by atoms with Gasteiger partial charge < -0.3 is 55.1 Å². The average Bonchev–Trinajstić information content (AvgIpc) is 2.75. The van der Waals surface area contributed by atoms with Crippen molar-refractivity contribution in [3.8, 4) is 0 Å². The molecule has 2 saturated heterocycles. The Hall–Kier alpha value is -0.780. The molecule has 11 atom stereocenters. The molecule has 0 saturated carbocycles. The zero-order chi connectivity index (χ0) is 24.9. The van der Waals surface area contributed by atoms with Crippen molar-refractivity contribution in [2.24, 2.45) is 0 Å². The minimum atomic E-state index is -5.02. The largest absolute Gasteiger partial charge is 0.474 e. The molecule has 0 radical (unpaired) electrons. The predicted molar refractivity (Wildman–Crippen MR) is 105 cm³/mol. The lowest BCUT2D eigenvalue weighted by atomic mass is 9.97. The number of amides is 1. The lowest BCUT2D eigenvalue weighted by Gasteiger charge is -2.42. The molecule has 16 heteroatoms. The molecule has 2 aliphatic heterocycles. The van der Waals surface area contributed by atoms with Gasteiger partial charge in [0.25, 0.3) is 0 Å². The SMILES string of the molecule is CCCO[C@H]1O[C@H](COP(=O)(O)O[C@H]2O[C@H](CO)[C@@H](O)[C@H](O)[C@H]2NC(C)=O)[C@@H](O)[C@H](O)[C@@H]1O. The number of hydrogen-bond acceptors (Lipinski definition) is 13. The molecule has 15 nitrogen and oxygen atoms in total. The van der Waals surface area contributed by atoms with E-state index in [0.717, 1.165) is 6.92 Å². The summed E-state index contributed by atoms with van der Waals surface area (Å²) in [5.74, 6) is -0.677. The van der Waals surface area contributed by atoms with Crippen LogP contribution in [0.25, 0.3) is 0 Å². The normalized spacial score (nSPS) is 41.4. The fourth-order valence-corrected chi connectivity index (χ4v) is 4.16. The van der Waals surface area contributed by atoms with Crippen LogP contribution in [0.1, 0.15) is 20.3 Å². The summed E-state index contributed by atoms with van der Waals surface area (Å²) in [6, 6.07) is -1.50. The van der Waals surface area contributed by atoms with Gasteiger partial charge in [-0.2, -0.15) is 0 Å². The molecular formula is C17H32NO14P. The number of rotatable bonds is 10. The van der Waals surface area contributed by atoms with Crippen LogP contribution in [0.2, 0.25) is 0 Å². The Morgan fingerprint density at radius 1 is 0.970 bits per heavy atom. The van der Waals surface area contributed by atoms with Crippen molar-refractivity contribution in [1.29, 1.82) is 0 Å². The molecular weight excluding hydrogens is 473 g/mol. The fourth-order valence-electron chi connectivity index (χ4n) is 3.32. The van der Waals surface area contributed by atoms with E-state index < -0.39 is 88.3 Å². The van der Waals surface area contributed by atoms with Crippen LogP contribution in [0.5, 0.6) is 0 Å². The molecule has 0 aromatic carbocycles. The van der Waals surface area contributed by atoms with Crippen LogP contribution in [0.15, 0.2) is 0 Å². The smallest absolute Gasteiger partial charge is 0.394 e. The van der Waals surface area contributed by atoms with Crippen LogP contribution in [0, 0.1) is 0 Å². The van der Waals surface area contributed by atoms with Crippen molar-refractivity contribution in [2.45, 2.75) is 81.6 Å². The van der Waals surface area contributed by atoms with Crippen molar-refractivity contribution in [3.63, 3.8) is 0 Å². The van der Waals surface area contributed by atoms with E-state index >= 15 is 0 Å². The van der Waals surface area contributed by atoms with E-state index in [1.165, 1.54) is 0 Å². The van der Waals surface area contributed by atoms with Gasteiger partial charge in [-0.3, -0.25) is 13.8 Å². The second kappa shape index (κ2) is 12.3. The number of carbonyl (C=O) groups is 1. The highest BCUT2D eigenvalue weighted by atomic mass is 31.2. The highest BCUT2D eigenvalue weighted by Gasteiger charge is 2.49. The van der Waals surface area contributed by atoms with Crippen molar-refractivity contribution in [2.75, 3.05) is 19.8 Å². The number of aliphatic hydroxyl groups excluding tert-OH is 6. The predicted octanol–water partition coefficient (Wildman–Crippen LogP) is -3.70. The maximum absolute atomic E-state index is 12.5. The second-order valence-electron chi connectivity index (χ2n) is 7.69. The lowest BCUT2D eigenvalue weighted by molar-refractivity contribution is -0.300. The minimum Gasteiger partial charge on any atom is -0.394 e. The van der Waals surface area contributed by atoms with Gasteiger partial charge >= 0.3 is 7.82 Å². The van der Waals surface area contributed by atoms with Gasteiger partial charge in [-0.25, -0.2) is 4.57 Å². The van der Waals surface area contributed by atoms with Crippen LogP contribution >= 0.6 is 7.82 Å². The summed E-state index contributed by atoms with van der Waals surface area (Å²) in [5, 5.41) is 61.7. The summed E-state index contributed by atoms with van der Waals surface area (Å²) >= 11 is 0. The van der Waals surface area contributed by atoms with Crippen LogP contribution in [-0.2, 0) is 32.6 Å². The monoisotopic (exact) mass is 505 g/mol. The summed E-state index contributed by atoms with van der Waals surface area (Å²) in [7, 11) is -5.02. The summed E-state index contributed by atoms with van der Waals surface area (Å²) in [4.78, 5) is 21.5. The molecule has 2 rings (SSSR count). The van der Waals surface area contributed by atoms with Gasteiger partial charge in [0.2, 0.25) is 5.91 Å². The molecule has 2 fully saturated rings. The third kappa shape index (κ3) is 7.35. The Morgan fingerprint density at radius 3 is 2.15 bits per heavy atom. The molecule has 0 aromatic rings. The van der Waals surface area contributed by atoms with Crippen molar-refractivity contribution >= 4 is 13.7 Å². The number of phosphoric acid groups is 1. The highest BCUT2D eigenvalue weighted by molar-refractivity contribution is 7.47. The molecule has 2 heterocycles. The van der Waals surface area contributed by atoms with Gasteiger partial charge in [0.15, 0.2) is 12.6 Å². The molecule has 8 N–H and O–H groups in total. The van der Waals surface area contributed by atoms with E-state index in [9.17, 15) is 44.9 Å². The van der Waals surface area contributed by atoms with E-state index in [1.54, 1.807) is 6.92 Å². The first-order valence-corrected chi connectivity index (χ1v) is 11.8. The van der Waals surface area contributed by atoms with Crippen molar-refractivity contribution < 1.29 is 68.2 Å². The van der Waals surface area contributed by atoms with Crippen molar-refractivity contribution in [1.82, 2.24) is 5.32 Å². The zero-order valence-electron chi connectivity index (χ0n) is 18.0. The van der Waals surface area contributed by atoms with E-state index in [-0.39, 0.29) is 6.61 Å². The summed E-state index contributed by atoms with van der Waals surface area (Å²) < 4.78 is 38.0. The molecule has 194 valence electrons. The Morgan fingerprint density at radius 2 is 1.58 bits per heavy atom. The topological polar surface area (TPSA) is 234 Å². The molecule has 0 bridgehead atoms. The molecule has 1 amide bonds. The third-order valence-electron chi connectivity index (χ3n) is 5.04. The van der Waals surface area contributed by atoms with Gasteiger partial charge in [-0.1, -0.05) is 6.92 Å². The van der Waals surface area contributed by atoms with Gasteiger partial charge in [-0.15, -0.1) is 0 Å². The molecule has 33 heavy (non-hydrogen) atoms. The second-order valence-corrected chi connectivity index (χ2v) is 9.09. The Bertz CT molecular complexity index is 684. The molecule has 1 unspecified atom stereocenters. The average molecular weight is 505 g/mol. The van der Waals surface area contributed by atoms with Crippen LogP contribution in [-0.4, -0.2) is 123 Å².